The molecule has 28 heavy (non-hydrogen) atoms. The highest BCUT2D eigenvalue weighted by atomic mass is 32.1. The lowest BCUT2D eigenvalue weighted by molar-refractivity contribution is -0.140. The zero-order valence-electron chi connectivity index (χ0n) is 16.6. The average Bonchev–Trinajstić information content (AvgIpc) is 3.11. The summed E-state index contributed by atoms with van der Waals surface area (Å²) in [6.07, 6.45) is 11.5. The number of aromatic nitrogens is 1. The molecule has 1 amide bonds. The number of piperidine rings is 1. The second-order valence-corrected chi connectivity index (χ2v) is 11.4. The molecule has 0 unspecified atom stereocenters. The van der Waals surface area contributed by atoms with E-state index in [9.17, 15) is 4.79 Å². The molecule has 1 aromatic carbocycles. The van der Waals surface area contributed by atoms with E-state index < -0.39 is 0 Å². The Bertz CT molecular complexity index is 835. The molecule has 1 atom stereocenters. The highest BCUT2D eigenvalue weighted by Gasteiger charge is 2.51. The van der Waals surface area contributed by atoms with Gasteiger partial charge in [0.25, 0.3) is 0 Å². The molecule has 3 nitrogen and oxygen atoms in total. The van der Waals surface area contributed by atoms with Crippen LogP contribution in [0.25, 0.3) is 10.2 Å². The van der Waals surface area contributed by atoms with Crippen molar-refractivity contribution in [1.29, 1.82) is 0 Å². The van der Waals surface area contributed by atoms with Gasteiger partial charge >= 0.3 is 0 Å². The highest BCUT2D eigenvalue weighted by Crippen LogP contribution is 2.61. The van der Waals surface area contributed by atoms with E-state index in [0.717, 1.165) is 49.2 Å². The van der Waals surface area contributed by atoms with Crippen molar-refractivity contribution in [3.63, 3.8) is 0 Å². The van der Waals surface area contributed by atoms with Gasteiger partial charge < -0.3 is 4.90 Å². The van der Waals surface area contributed by atoms with Crippen LogP contribution < -0.4 is 0 Å². The maximum absolute atomic E-state index is 13.3. The van der Waals surface area contributed by atoms with Crippen LogP contribution in [0, 0.1) is 23.2 Å². The predicted octanol–water partition coefficient (Wildman–Crippen LogP) is 5.61. The van der Waals surface area contributed by atoms with Crippen molar-refractivity contribution in [1.82, 2.24) is 9.88 Å². The molecule has 1 aromatic heterocycles. The summed E-state index contributed by atoms with van der Waals surface area (Å²) in [4.78, 5) is 20.4. The van der Waals surface area contributed by atoms with Gasteiger partial charge in [0, 0.05) is 25.4 Å². The molecule has 148 valence electrons. The fourth-order valence-electron chi connectivity index (χ4n) is 7.41. The second-order valence-electron chi connectivity index (χ2n) is 10.3. The Balaban J connectivity index is 1.17. The van der Waals surface area contributed by atoms with Gasteiger partial charge in [-0.1, -0.05) is 12.1 Å². The normalized spacial score (nSPS) is 36.9. The van der Waals surface area contributed by atoms with Crippen LogP contribution in [0.2, 0.25) is 0 Å². The van der Waals surface area contributed by atoms with Crippen molar-refractivity contribution < 1.29 is 4.79 Å². The van der Waals surface area contributed by atoms with Gasteiger partial charge in [0.15, 0.2) is 0 Å². The minimum atomic E-state index is 0.356. The summed E-state index contributed by atoms with van der Waals surface area (Å²) < 4.78 is 1.27. The Hall–Kier alpha value is -1.42. The van der Waals surface area contributed by atoms with Crippen LogP contribution in [-0.4, -0.2) is 28.9 Å². The number of nitrogens with zero attached hydrogens (tertiary/aromatic N) is 2. The number of carbonyl (C=O) groups is 1. The third kappa shape index (κ3) is 2.99. The molecule has 7 rings (SSSR count). The van der Waals surface area contributed by atoms with Crippen molar-refractivity contribution in [3.05, 3.63) is 29.3 Å². The number of carbonyl (C=O) groups excluding carboxylic acids is 1. The molecular formula is C24H30N2OS. The number of thiazole rings is 1. The van der Waals surface area contributed by atoms with Crippen LogP contribution in [0.1, 0.15) is 68.7 Å². The quantitative estimate of drug-likeness (QED) is 0.678. The highest BCUT2D eigenvalue weighted by molar-refractivity contribution is 7.18. The lowest BCUT2D eigenvalue weighted by atomic mass is 9.49. The van der Waals surface area contributed by atoms with Crippen molar-refractivity contribution in [2.24, 2.45) is 23.2 Å². The first-order valence-electron chi connectivity index (χ1n) is 11.3. The van der Waals surface area contributed by atoms with Gasteiger partial charge in [0.2, 0.25) is 5.91 Å². The largest absolute Gasteiger partial charge is 0.342 e. The molecule has 0 N–H and O–H groups in total. The topological polar surface area (TPSA) is 33.2 Å². The molecule has 0 spiro atoms. The van der Waals surface area contributed by atoms with Crippen molar-refractivity contribution in [2.75, 3.05) is 13.1 Å². The Morgan fingerprint density at radius 2 is 1.82 bits per heavy atom. The van der Waals surface area contributed by atoms with Gasteiger partial charge in [-0.05, 0) is 86.7 Å². The molecule has 2 aromatic rings. The van der Waals surface area contributed by atoms with E-state index in [0.29, 0.717) is 17.2 Å². The molecule has 5 aliphatic rings. The van der Waals surface area contributed by atoms with Crippen molar-refractivity contribution in [2.45, 2.75) is 63.7 Å². The van der Waals surface area contributed by atoms with E-state index in [1.807, 2.05) is 11.3 Å². The van der Waals surface area contributed by atoms with Crippen LogP contribution in [0.5, 0.6) is 0 Å². The second kappa shape index (κ2) is 6.55. The summed E-state index contributed by atoms with van der Waals surface area (Å²) >= 11 is 1.82. The molecule has 4 bridgehead atoms. The number of hydrogen-bond acceptors (Lipinski definition) is 3. The number of likely N-dealkylation sites (tertiary alicyclic amines) is 1. The monoisotopic (exact) mass is 394 g/mol. The first kappa shape index (κ1) is 17.4. The summed E-state index contributed by atoms with van der Waals surface area (Å²) in [6, 6.07) is 8.42. The summed E-state index contributed by atoms with van der Waals surface area (Å²) in [5.41, 5.74) is 1.47. The lowest BCUT2D eigenvalue weighted by Crippen LogP contribution is -2.49. The molecule has 4 saturated carbocycles. The van der Waals surface area contributed by atoms with Crippen molar-refractivity contribution in [3.8, 4) is 0 Å². The molecule has 1 saturated heterocycles. The summed E-state index contributed by atoms with van der Waals surface area (Å²) in [6.45, 7) is 1.83. The van der Waals surface area contributed by atoms with E-state index in [1.165, 1.54) is 54.7 Å². The predicted molar refractivity (Wildman–Crippen MR) is 113 cm³/mol. The Labute approximate surface area is 171 Å². The fraction of sp³-hybridized carbons (Fsp3) is 0.667. The van der Waals surface area contributed by atoms with E-state index in [2.05, 4.69) is 29.2 Å². The third-order valence-electron chi connectivity index (χ3n) is 8.13. The van der Waals surface area contributed by atoms with Crippen LogP contribution in [0.3, 0.4) is 0 Å². The smallest absolute Gasteiger partial charge is 0.223 e. The maximum Gasteiger partial charge on any atom is 0.223 e. The van der Waals surface area contributed by atoms with E-state index in [4.69, 9.17) is 4.98 Å². The van der Waals surface area contributed by atoms with E-state index >= 15 is 0 Å². The van der Waals surface area contributed by atoms with Gasteiger partial charge in [0.05, 0.1) is 15.2 Å². The minimum Gasteiger partial charge on any atom is -0.342 e. The van der Waals surface area contributed by atoms with Crippen LogP contribution in [0.15, 0.2) is 24.3 Å². The number of hydrogen-bond donors (Lipinski definition) is 0. The summed E-state index contributed by atoms with van der Waals surface area (Å²) in [5, 5.41) is 1.23. The number of benzene rings is 1. The molecular weight excluding hydrogens is 364 g/mol. The van der Waals surface area contributed by atoms with Gasteiger partial charge in [-0.2, -0.15) is 0 Å². The van der Waals surface area contributed by atoms with Gasteiger partial charge in [-0.15, -0.1) is 11.3 Å². The number of para-hydroxylation sites is 1. The fourth-order valence-corrected chi connectivity index (χ4v) is 8.50. The van der Waals surface area contributed by atoms with Crippen molar-refractivity contribution >= 4 is 27.5 Å². The maximum atomic E-state index is 13.3. The zero-order chi connectivity index (χ0) is 18.7. The summed E-state index contributed by atoms with van der Waals surface area (Å²) in [7, 11) is 0. The van der Waals surface area contributed by atoms with Gasteiger partial charge in [-0.3, -0.25) is 4.79 Å². The number of amides is 1. The lowest BCUT2D eigenvalue weighted by Gasteiger charge is -2.57. The number of fused-ring (bicyclic) bond motifs is 1. The Morgan fingerprint density at radius 3 is 2.54 bits per heavy atom. The van der Waals surface area contributed by atoms with E-state index in [-0.39, 0.29) is 0 Å². The van der Waals surface area contributed by atoms with E-state index in [1.54, 1.807) is 0 Å². The molecule has 5 fully saturated rings. The number of rotatable bonds is 3. The SMILES string of the molecule is O=C(CC12CC3CC(CC(C3)C1)C2)N1CCC[C@H](c2nc3ccccc3s2)C1. The minimum absolute atomic E-state index is 0.356. The molecule has 4 aliphatic carbocycles. The van der Waals surface area contributed by atoms with Crippen LogP contribution in [0.4, 0.5) is 0 Å². The molecule has 1 aliphatic heterocycles. The standard InChI is InChI=1S/C24H30N2OS/c27-22(14-24-11-16-8-17(12-24)10-18(9-16)13-24)26-7-3-4-19(15-26)23-25-20-5-1-2-6-21(20)28-23/h1-2,5-6,16-19H,3-4,7-15H2/t16?,17?,18?,19-,24?/m0/s1. The average molecular weight is 395 g/mol. The molecule has 2 heterocycles. The van der Waals surface area contributed by atoms with Crippen LogP contribution >= 0.6 is 11.3 Å². The molecule has 0 radical (unpaired) electrons. The Kier molecular flexibility index (Phi) is 4.08. The van der Waals surface area contributed by atoms with Gasteiger partial charge in [-0.25, -0.2) is 4.98 Å². The first-order chi connectivity index (χ1) is 13.7. The Morgan fingerprint density at radius 1 is 1.11 bits per heavy atom. The zero-order valence-corrected chi connectivity index (χ0v) is 17.4. The third-order valence-corrected chi connectivity index (χ3v) is 9.32. The summed E-state index contributed by atoms with van der Waals surface area (Å²) in [5.74, 6) is 3.64. The van der Waals surface area contributed by atoms with Gasteiger partial charge in [0.1, 0.15) is 0 Å². The van der Waals surface area contributed by atoms with Crippen LogP contribution in [-0.2, 0) is 4.79 Å². The molecule has 4 heteroatoms. The first-order valence-corrected chi connectivity index (χ1v) is 12.1.